The summed E-state index contributed by atoms with van der Waals surface area (Å²) in [6, 6.07) is 14.5. The van der Waals surface area contributed by atoms with Crippen LogP contribution >= 0.6 is 21.7 Å². The summed E-state index contributed by atoms with van der Waals surface area (Å²) in [5.41, 5.74) is 7.51. The number of aryl methyl sites for hydroxylation is 1. The molecule has 1 amide bonds. The Hall–Kier alpha value is -4.15. The van der Waals surface area contributed by atoms with Crippen LogP contribution in [-0.2, 0) is 21.1 Å². The van der Waals surface area contributed by atoms with E-state index in [-0.39, 0.29) is 68.0 Å². The van der Waals surface area contributed by atoms with Gasteiger partial charge in [-0.2, -0.15) is 8.42 Å². The van der Waals surface area contributed by atoms with Crippen molar-refractivity contribution in [2.24, 2.45) is 10.2 Å². The summed E-state index contributed by atoms with van der Waals surface area (Å²) in [5, 5.41) is 11.5. The first kappa shape index (κ1) is 37.3. The van der Waals surface area contributed by atoms with E-state index < -0.39 is 39.2 Å². The van der Waals surface area contributed by atoms with Crippen LogP contribution in [0, 0.1) is 6.92 Å². The number of carbonyl (C=O) groups excluding carboxylic acids is 1. The van der Waals surface area contributed by atoms with Crippen LogP contribution in [-0.4, -0.2) is 62.0 Å². The monoisotopic (exact) mass is 712 g/mol. The molecule has 0 spiro atoms. The summed E-state index contributed by atoms with van der Waals surface area (Å²) in [6.07, 6.45) is 0. The highest BCUT2D eigenvalue weighted by Gasteiger charge is 2.24. The maximum Gasteiger partial charge on any atom is 0.335 e. The zero-order valence-corrected chi connectivity index (χ0v) is 27.5. The fourth-order valence-electron chi connectivity index (χ4n) is 4.04. The highest BCUT2D eigenvalue weighted by Crippen LogP contribution is 2.52. The lowest BCUT2D eigenvalue weighted by Gasteiger charge is -2.23. The highest BCUT2D eigenvalue weighted by molar-refractivity contribution is 8.19. The van der Waals surface area contributed by atoms with Crippen LogP contribution in [0.5, 0.6) is 17.2 Å². The lowest BCUT2D eigenvalue weighted by atomic mass is 10.1. The molecule has 0 unspecified atom stereocenters. The predicted octanol–water partition coefficient (Wildman–Crippen LogP) is 7.42. The van der Waals surface area contributed by atoms with Gasteiger partial charge in [0.2, 0.25) is 5.91 Å². The number of hydrogen-bond donors (Lipinski definition) is 8. The zero-order valence-electron chi connectivity index (χ0n) is 25.0. The second-order valence-corrected chi connectivity index (χ2v) is 12.8. The number of carbonyl (C=O) groups is 1. The number of nitrogens with two attached hydrogens (primary N) is 1. The van der Waals surface area contributed by atoms with Crippen molar-refractivity contribution in [3.05, 3.63) is 66.2 Å². The Kier molecular flexibility index (Phi) is 12.8. The van der Waals surface area contributed by atoms with Crippen LogP contribution < -0.4 is 20.5 Å². The summed E-state index contributed by atoms with van der Waals surface area (Å²) >= 11 is -0.750. The first-order chi connectivity index (χ1) is 22.1. The number of nitrogens with zero attached hydrogens (tertiary/aromatic N) is 2. The van der Waals surface area contributed by atoms with Gasteiger partial charge in [0.25, 0.3) is 0 Å². The Morgan fingerprint density at radius 3 is 1.98 bits per heavy atom. The second kappa shape index (κ2) is 16.1. The number of azo groups is 1. The molecule has 0 aliphatic heterocycles. The smallest absolute Gasteiger partial charge is 0.335 e. The number of hydrogen-bond acceptors (Lipinski definition) is 15. The number of anilines is 2. The van der Waals surface area contributed by atoms with Crippen LogP contribution in [0.25, 0.3) is 10.8 Å². The Bertz CT molecular complexity index is 1800. The summed E-state index contributed by atoms with van der Waals surface area (Å²) in [6.45, 7) is 3.62. The van der Waals surface area contributed by atoms with Crippen molar-refractivity contribution < 1.29 is 54.7 Å². The highest BCUT2D eigenvalue weighted by atomic mass is 32.3. The first-order valence-electron chi connectivity index (χ1n) is 13.1. The van der Waals surface area contributed by atoms with Gasteiger partial charge in [-0.3, -0.25) is 4.79 Å². The van der Waals surface area contributed by atoms with E-state index in [1.807, 2.05) is 6.92 Å². The van der Waals surface area contributed by atoms with Crippen molar-refractivity contribution in [1.82, 2.24) is 0 Å². The van der Waals surface area contributed by atoms with Gasteiger partial charge >= 0.3 is 11.6 Å². The molecule has 47 heavy (non-hydrogen) atoms. The zero-order chi connectivity index (χ0) is 34.9. The van der Waals surface area contributed by atoms with Gasteiger partial charge < -0.3 is 52.6 Å². The van der Waals surface area contributed by atoms with Crippen molar-refractivity contribution >= 4 is 72.7 Å². The Morgan fingerprint density at radius 2 is 1.43 bits per heavy atom. The first-order valence-corrected chi connectivity index (χ1v) is 16.8. The summed E-state index contributed by atoms with van der Waals surface area (Å²) < 4.78 is 93.7. The Labute approximate surface area is 275 Å². The quantitative estimate of drug-likeness (QED) is 0.0428. The number of amides is 1. The van der Waals surface area contributed by atoms with E-state index in [1.54, 1.807) is 24.3 Å². The van der Waals surface area contributed by atoms with Gasteiger partial charge in [0, 0.05) is 26.2 Å². The molecule has 254 valence electrons. The van der Waals surface area contributed by atoms with E-state index >= 15 is 0 Å². The number of methoxy groups -OCH3 is 1. The van der Waals surface area contributed by atoms with Crippen molar-refractivity contribution in [2.75, 3.05) is 31.4 Å². The average Bonchev–Trinajstić information content (AvgIpc) is 2.97. The van der Waals surface area contributed by atoms with E-state index in [2.05, 4.69) is 15.5 Å². The van der Waals surface area contributed by atoms with E-state index in [0.717, 1.165) is 11.6 Å². The lowest BCUT2D eigenvalue weighted by molar-refractivity contribution is -0.114. The number of ether oxygens (including phenoxy) is 3. The maximum absolute atomic E-state index is 11.9. The largest absolute Gasteiger partial charge is 0.489 e. The van der Waals surface area contributed by atoms with E-state index in [9.17, 15) is 32.1 Å². The van der Waals surface area contributed by atoms with Gasteiger partial charge in [-0.25, -0.2) is 0 Å². The molecule has 4 rings (SSSR count). The lowest BCUT2D eigenvalue weighted by Crippen LogP contribution is -2.08. The van der Waals surface area contributed by atoms with Gasteiger partial charge in [-0.1, -0.05) is 17.7 Å². The molecule has 0 radical (unpaired) electrons. The molecule has 0 aromatic heterocycles. The molecule has 0 fully saturated rings. The fraction of sp³-hybridized carbons (Fsp3) is 0.179. The minimum Gasteiger partial charge on any atom is -0.489 e. The second-order valence-electron chi connectivity index (χ2n) is 9.61. The van der Waals surface area contributed by atoms with Crippen molar-refractivity contribution in [1.29, 1.82) is 0 Å². The molecule has 19 heteroatoms. The summed E-state index contributed by atoms with van der Waals surface area (Å²) in [5.74, 6) is 0.161. The minimum atomic E-state index is -4.30. The Balaban J connectivity index is 0.00000192. The third kappa shape index (κ3) is 10.4. The van der Waals surface area contributed by atoms with Crippen molar-refractivity contribution in [3.63, 3.8) is 0 Å². The summed E-state index contributed by atoms with van der Waals surface area (Å²) in [7, 11) is -7.05. The third-order valence-electron chi connectivity index (χ3n) is 6.07. The van der Waals surface area contributed by atoms with E-state index in [0.29, 0.717) is 5.75 Å². The molecule has 4 aromatic carbocycles. The Morgan fingerprint density at radius 1 is 0.851 bits per heavy atom. The van der Waals surface area contributed by atoms with Crippen LogP contribution in [0.15, 0.2) is 80.7 Å². The number of benzene rings is 4. The van der Waals surface area contributed by atoms with Crippen molar-refractivity contribution in [2.45, 2.75) is 23.6 Å². The number of fused-ring (bicyclic) bond motifs is 1. The number of nitrogen functional groups attached to an aromatic ring is 1. The van der Waals surface area contributed by atoms with Gasteiger partial charge in [-0.05, 0) is 48.7 Å². The van der Waals surface area contributed by atoms with E-state index in [4.69, 9.17) is 28.4 Å². The van der Waals surface area contributed by atoms with Crippen LogP contribution in [0.2, 0.25) is 0 Å². The summed E-state index contributed by atoms with van der Waals surface area (Å²) in [4.78, 5) is 11.2. The maximum atomic E-state index is 11.9. The minimum absolute atomic E-state index is 0.00623. The molecule has 0 aliphatic carbocycles. The van der Waals surface area contributed by atoms with Gasteiger partial charge in [0.1, 0.15) is 51.3 Å². The van der Waals surface area contributed by atoms with Gasteiger partial charge in [-0.15, -0.1) is 10.2 Å². The standard InChI is InChI=1S/C28H32N4O10S2.O2S/c1-16-4-6-19(7-5-16)42-27-13-21(44(37,38)39)11-18-10-20(43(34,35)36)12-25(28(18)27)32-31-24-15-26(41-9-8-40-3)22(29)14-23(24)30-17(2)33;1-3-2/h4-7,10-15,34-39H,8-9,29H2,1-3H3,(H,30,33);. The van der Waals surface area contributed by atoms with E-state index in [1.165, 1.54) is 44.4 Å². The molecule has 16 nitrogen and oxygen atoms in total. The normalized spacial score (nSPS) is 12.3. The predicted molar refractivity (Wildman–Crippen MR) is 178 cm³/mol. The van der Waals surface area contributed by atoms with Crippen LogP contribution in [0.1, 0.15) is 12.5 Å². The SMILES string of the molecule is COCCOc1cc(N=Nc2cc(S(O)(O)O)cc3cc(S(O)(O)O)cc(Oc4ccc(C)cc4)c23)c(NC(C)=O)cc1N.O=S=O. The average molecular weight is 713 g/mol. The van der Waals surface area contributed by atoms with Gasteiger partial charge in [0.15, 0.2) is 0 Å². The number of nitrogens with one attached hydrogen (secondary N) is 1. The third-order valence-corrected chi connectivity index (χ3v) is 7.81. The van der Waals surface area contributed by atoms with Crippen molar-refractivity contribution in [3.8, 4) is 17.2 Å². The molecule has 0 heterocycles. The van der Waals surface area contributed by atoms with Gasteiger partial charge in [0.05, 0.1) is 38.8 Å². The molecular formula is C28H32N4O12S3. The molecule has 0 saturated carbocycles. The molecule has 0 atom stereocenters. The number of rotatable bonds is 11. The molecule has 0 bridgehead atoms. The molecule has 0 saturated heterocycles. The molecule has 4 aromatic rings. The van der Waals surface area contributed by atoms with Crippen LogP contribution in [0.4, 0.5) is 22.7 Å². The topological polar surface area (TPSA) is 263 Å². The van der Waals surface area contributed by atoms with Crippen LogP contribution in [0.3, 0.4) is 0 Å². The molecule has 9 N–H and O–H groups in total. The molecular weight excluding hydrogens is 681 g/mol. The molecule has 0 aliphatic rings. The fourth-order valence-corrected chi connectivity index (χ4v) is 5.14.